The molecule has 1 aromatic rings. The second-order valence-electron chi connectivity index (χ2n) is 5.13. The van der Waals surface area contributed by atoms with Gasteiger partial charge in [-0.1, -0.05) is 6.92 Å². The Morgan fingerprint density at radius 2 is 2.14 bits per heavy atom. The van der Waals surface area contributed by atoms with Crippen LogP contribution in [0.1, 0.15) is 43.1 Å². The number of carbonyl (C=O) groups excluding carboxylic acids is 1. The molecule has 0 aliphatic carbocycles. The Labute approximate surface area is 122 Å². The number of piperidine rings is 1. The number of rotatable bonds is 4. The summed E-state index contributed by atoms with van der Waals surface area (Å²) < 4.78 is 1.24. The number of aromatic nitrogens is 2. The number of hydrogen-bond acceptors (Lipinski definition) is 4. The van der Waals surface area contributed by atoms with Crippen LogP contribution in [0.15, 0.2) is 16.9 Å². The van der Waals surface area contributed by atoms with Crippen LogP contribution in [0.4, 0.5) is 0 Å². The number of nitrogens with zero attached hydrogens (tertiary/aromatic N) is 3. The van der Waals surface area contributed by atoms with Crippen molar-refractivity contribution < 1.29 is 14.7 Å². The Morgan fingerprint density at radius 3 is 2.81 bits per heavy atom. The van der Waals surface area contributed by atoms with E-state index in [9.17, 15) is 19.5 Å². The van der Waals surface area contributed by atoms with Crippen molar-refractivity contribution in [3.05, 3.63) is 28.2 Å². The maximum absolute atomic E-state index is 12.5. The molecule has 1 saturated heterocycles. The van der Waals surface area contributed by atoms with Gasteiger partial charge in [-0.25, -0.2) is 9.48 Å². The molecule has 7 heteroatoms. The number of carbonyl (C=O) groups is 2. The van der Waals surface area contributed by atoms with Gasteiger partial charge < -0.3 is 10.0 Å². The predicted octanol–water partition coefficient (Wildman–Crippen LogP) is 0.733. The van der Waals surface area contributed by atoms with Crippen molar-refractivity contribution in [1.82, 2.24) is 14.7 Å². The summed E-state index contributed by atoms with van der Waals surface area (Å²) in [5, 5.41) is 13.3. The summed E-state index contributed by atoms with van der Waals surface area (Å²) in [5.41, 5.74) is -0.141. The molecule has 1 amide bonds. The lowest BCUT2D eigenvalue weighted by Gasteiger charge is -2.32. The highest BCUT2D eigenvalue weighted by atomic mass is 16.4. The first-order valence-corrected chi connectivity index (χ1v) is 7.16. The smallest absolute Gasteiger partial charge is 0.326 e. The lowest BCUT2D eigenvalue weighted by atomic mass is 10.0. The number of hydrogen-bond donors (Lipinski definition) is 1. The van der Waals surface area contributed by atoms with E-state index >= 15 is 0 Å². The van der Waals surface area contributed by atoms with Gasteiger partial charge in [0, 0.05) is 19.2 Å². The molecule has 0 spiro atoms. The van der Waals surface area contributed by atoms with E-state index < -0.39 is 17.9 Å². The van der Waals surface area contributed by atoms with Crippen LogP contribution in [0, 0.1) is 0 Å². The lowest BCUT2D eigenvalue weighted by Crippen LogP contribution is -2.48. The van der Waals surface area contributed by atoms with Crippen molar-refractivity contribution in [2.24, 2.45) is 0 Å². The summed E-state index contributed by atoms with van der Waals surface area (Å²) in [4.78, 5) is 36.7. The number of amides is 1. The zero-order valence-corrected chi connectivity index (χ0v) is 12.0. The summed E-state index contributed by atoms with van der Waals surface area (Å²) in [7, 11) is 0. The fraction of sp³-hybridized carbons (Fsp3) is 0.571. The predicted molar refractivity (Wildman–Crippen MR) is 75.1 cm³/mol. The van der Waals surface area contributed by atoms with Gasteiger partial charge in [-0.05, 0) is 31.7 Å². The standard InChI is InChI=1S/C14H19N3O4/c1-2-8-17-12(18)7-6-10(15-17)13(19)16-9-4-3-5-11(16)14(20)21/h6-7,11H,2-5,8-9H2,1H3,(H,20,21). The molecule has 114 valence electrons. The minimum Gasteiger partial charge on any atom is -0.480 e. The molecule has 0 saturated carbocycles. The third-order valence-electron chi connectivity index (χ3n) is 3.57. The SMILES string of the molecule is CCCn1nc(C(=O)N2CCCCC2C(=O)O)ccc1=O. The van der Waals surface area contributed by atoms with Crippen LogP contribution < -0.4 is 5.56 Å². The molecule has 1 aliphatic rings. The molecule has 2 rings (SSSR count). The average molecular weight is 293 g/mol. The summed E-state index contributed by atoms with van der Waals surface area (Å²) in [6, 6.07) is 1.86. The van der Waals surface area contributed by atoms with Crippen molar-refractivity contribution in [3.8, 4) is 0 Å². The largest absolute Gasteiger partial charge is 0.480 e. The van der Waals surface area contributed by atoms with Gasteiger partial charge in [0.15, 0.2) is 0 Å². The van der Waals surface area contributed by atoms with Gasteiger partial charge in [0.2, 0.25) is 0 Å². The number of carboxylic acid groups (broad SMARTS) is 1. The highest BCUT2D eigenvalue weighted by Crippen LogP contribution is 2.19. The molecule has 1 unspecified atom stereocenters. The number of carboxylic acids is 1. The van der Waals surface area contributed by atoms with E-state index in [1.165, 1.54) is 21.7 Å². The molecule has 1 aromatic heterocycles. The second kappa shape index (κ2) is 6.51. The topological polar surface area (TPSA) is 92.5 Å². The van der Waals surface area contributed by atoms with Crippen molar-refractivity contribution in [1.29, 1.82) is 0 Å². The van der Waals surface area contributed by atoms with Crippen LogP contribution in [-0.4, -0.2) is 44.3 Å². The molecule has 1 aliphatic heterocycles. The number of aliphatic carboxylic acids is 1. The van der Waals surface area contributed by atoms with E-state index in [0.717, 1.165) is 19.3 Å². The molecule has 1 fully saturated rings. The zero-order valence-electron chi connectivity index (χ0n) is 12.0. The van der Waals surface area contributed by atoms with Crippen LogP contribution >= 0.6 is 0 Å². The first kappa shape index (κ1) is 15.2. The maximum Gasteiger partial charge on any atom is 0.326 e. The van der Waals surface area contributed by atoms with Crippen molar-refractivity contribution in [2.45, 2.75) is 45.2 Å². The Balaban J connectivity index is 2.28. The van der Waals surface area contributed by atoms with E-state index in [0.29, 0.717) is 19.5 Å². The van der Waals surface area contributed by atoms with Gasteiger partial charge in [-0.2, -0.15) is 5.10 Å². The average Bonchev–Trinajstić information content (AvgIpc) is 2.49. The first-order valence-electron chi connectivity index (χ1n) is 7.16. The highest BCUT2D eigenvalue weighted by Gasteiger charge is 2.33. The fourth-order valence-electron chi connectivity index (χ4n) is 2.51. The van der Waals surface area contributed by atoms with Crippen molar-refractivity contribution in [2.75, 3.05) is 6.54 Å². The molecule has 1 N–H and O–H groups in total. The van der Waals surface area contributed by atoms with Crippen LogP contribution in [0.3, 0.4) is 0 Å². The number of likely N-dealkylation sites (tertiary alicyclic amines) is 1. The van der Waals surface area contributed by atoms with Crippen molar-refractivity contribution in [3.63, 3.8) is 0 Å². The van der Waals surface area contributed by atoms with Crippen LogP contribution in [0.5, 0.6) is 0 Å². The molecular formula is C14H19N3O4. The van der Waals surface area contributed by atoms with Crippen LogP contribution in [0.25, 0.3) is 0 Å². The monoisotopic (exact) mass is 293 g/mol. The molecule has 7 nitrogen and oxygen atoms in total. The van der Waals surface area contributed by atoms with Crippen LogP contribution in [0.2, 0.25) is 0 Å². The van der Waals surface area contributed by atoms with Gasteiger partial charge >= 0.3 is 5.97 Å². The minimum atomic E-state index is -0.995. The van der Waals surface area contributed by atoms with Gasteiger partial charge in [-0.15, -0.1) is 0 Å². The maximum atomic E-state index is 12.5. The quantitative estimate of drug-likeness (QED) is 0.883. The van der Waals surface area contributed by atoms with Gasteiger partial charge in [0.05, 0.1) is 0 Å². The van der Waals surface area contributed by atoms with E-state index in [1.807, 2.05) is 6.92 Å². The third kappa shape index (κ3) is 3.29. The van der Waals surface area contributed by atoms with E-state index in [2.05, 4.69) is 5.10 Å². The van der Waals surface area contributed by atoms with Gasteiger partial charge in [0.25, 0.3) is 11.5 Å². The Hall–Kier alpha value is -2.18. The molecular weight excluding hydrogens is 274 g/mol. The summed E-state index contributed by atoms with van der Waals surface area (Å²) in [6.07, 6.45) is 2.76. The highest BCUT2D eigenvalue weighted by molar-refractivity contribution is 5.95. The molecule has 0 aromatic carbocycles. The minimum absolute atomic E-state index is 0.121. The molecule has 0 radical (unpaired) electrons. The lowest BCUT2D eigenvalue weighted by molar-refractivity contribution is -0.143. The molecule has 21 heavy (non-hydrogen) atoms. The Kier molecular flexibility index (Phi) is 4.72. The Morgan fingerprint density at radius 1 is 1.38 bits per heavy atom. The van der Waals surface area contributed by atoms with E-state index in [-0.39, 0.29) is 11.3 Å². The first-order chi connectivity index (χ1) is 10.0. The van der Waals surface area contributed by atoms with Gasteiger partial charge in [0.1, 0.15) is 11.7 Å². The van der Waals surface area contributed by atoms with E-state index in [1.54, 1.807) is 0 Å². The fourth-order valence-corrected chi connectivity index (χ4v) is 2.51. The third-order valence-corrected chi connectivity index (χ3v) is 3.57. The summed E-state index contributed by atoms with van der Waals surface area (Å²) >= 11 is 0. The second-order valence-corrected chi connectivity index (χ2v) is 5.13. The summed E-state index contributed by atoms with van der Waals surface area (Å²) in [6.45, 7) is 2.75. The molecule has 2 heterocycles. The van der Waals surface area contributed by atoms with E-state index in [4.69, 9.17) is 0 Å². The van der Waals surface area contributed by atoms with Crippen LogP contribution in [-0.2, 0) is 11.3 Å². The van der Waals surface area contributed by atoms with Crippen molar-refractivity contribution >= 4 is 11.9 Å². The molecule has 1 atom stereocenters. The van der Waals surface area contributed by atoms with Gasteiger partial charge in [-0.3, -0.25) is 9.59 Å². The molecule has 0 bridgehead atoms. The Bertz CT molecular complexity index is 596. The zero-order chi connectivity index (χ0) is 15.4. The number of aryl methyl sites for hydroxylation is 1. The normalized spacial score (nSPS) is 18.5. The summed E-state index contributed by atoms with van der Waals surface area (Å²) in [5.74, 6) is -1.42.